The third kappa shape index (κ3) is 2.62. The highest BCUT2D eigenvalue weighted by Crippen LogP contribution is 2.35. The van der Waals surface area contributed by atoms with Crippen LogP contribution >= 0.6 is 0 Å². The van der Waals surface area contributed by atoms with Gasteiger partial charge in [0.1, 0.15) is 0 Å². The van der Waals surface area contributed by atoms with E-state index in [1.807, 2.05) is 16.8 Å². The first-order chi connectivity index (χ1) is 9.85. The second-order valence-corrected chi connectivity index (χ2v) is 6.49. The molecule has 2 aromatic rings. The first kappa shape index (κ1) is 14.0. The van der Waals surface area contributed by atoms with E-state index in [1.54, 1.807) is 6.07 Å². The molecule has 21 heavy (non-hydrogen) atoms. The molecule has 1 aromatic carbocycles. The van der Waals surface area contributed by atoms with Gasteiger partial charge >= 0.3 is 0 Å². The summed E-state index contributed by atoms with van der Waals surface area (Å²) in [5.41, 5.74) is 2.37. The molecule has 4 heteroatoms. The standard InChI is InChI=1S/C17H17F2NO/c1-17(2)8-15-12(16(21)9-17)5-6-20(15)10-11-3-4-13(18)14(19)7-11/h3-7H,8-10H2,1-2H3. The Morgan fingerprint density at radius 3 is 2.62 bits per heavy atom. The van der Waals surface area contributed by atoms with Crippen LogP contribution in [0.4, 0.5) is 8.78 Å². The predicted octanol–water partition coefficient (Wildman–Crippen LogP) is 3.97. The number of ketones is 1. The number of hydrogen-bond acceptors (Lipinski definition) is 1. The first-order valence-corrected chi connectivity index (χ1v) is 7.01. The van der Waals surface area contributed by atoms with Crippen LogP contribution in [0.2, 0.25) is 0 Å². The Morgan fingerprint density at radius 2 is 1.90 bits per heavy atom. The molecular formula is C17H17F2NO. The summed E-state index contributed by atoms with van der Waals surface area (Å²) in [5.74, 6) is -1.53. The summed E-state index contributed by atoms with van der Waals surface area (Å²) in [7, 11) is 0. The summed E-state index contributed by atoms with van der Waals surface area (Å²) in [6.07, 6.45) is 3.21. The Morgan fingerprint density at radius 1 is 1.14 bits per heavy atom. The number of aromatic nitrogens is 1. The predicted molar refractivity (Wildman–Crippen MR) is 76.3 cm³/mol. The Labute approximate surface area is 122 Å². The molecule has 1 aromatic heterocycles. The van der Waals surface area contributed by atoms with Crippen molar-refractivity contribution >= 4 is 5.78 Å². The lowest BCUT2D eigenvalue weighted by Gasteiger charge is -2.29. The van der Waals surface area contributed by atoms with Crippen molar-refractivity contribution in [2.75, 3.05) is 0 Å². The smallest absolute Gasteiger partial charge is 0.165 e. The van der Waals surface area contributed by atoms with Crippen molar-refractivity contribution in [3.63, 3.8) is 0 Å². The normalized spacial score (nSPS) is 16.9. The zero-order valence-corrected chi connectivity index (χ0v) is 12.1. The lowest BCUT2D eigenvalue weighted by molar-refractivity contribution is 0.0910. The molecule has 1 aliphatic carbocycles. The molecule has 0 saturated heterocycles. The number of rotatable bonds is 2. The van der Waals surface area contributed by atoms with Crippen LogP contribution in [-0.2, 0) is 13.0 Å². The second-order valence-electron chi connectivity index (χ2n) is 6.49. The van der Waals surface area contributed by atoms with Crippen LogP contribution in [0.5, 0.6) is 0 Å². The van der Waals surface area contributed by atoms with E-state index < -0.39 is 11.6 Å². The maximum Gasteiger partial charge on any atom is 0.165 e. The third-order valence-electron chi connectivity index (χ3n) is 4.00. The maximum absolute atomic E-state index is 13.3. The van der Waals surface area contributed by atoms with E-state index >= 15 is 0 Å². The van der Waals surface area contributed by atoms with E-state index in [0.29, 0.717) is 18.5 Å². The van der Waals surface area contributed by atoms with Gasteiger partial charge in [-0.1, -0.05) is 19.9 Å². The van der Waals surface area contributed by atoms with Gasteiger partial charge in [-0.25, -0.2) is 8.78 Å². The summed E-state index contributed by atoms with van der Waals surface area (Å²) >= 11 is 0. The van der Waals surface area contributed by atoms with E-state index in [4.69, 9.17) is 0 Å². The number of carbonyl (C=O) groups excluding carboxylic acids is 1. The highest BCUT2D eigenvalue weighted by molar-refractivity contribution is 5.98. The molecule has 2 nitrogen and oxygen atoms in total. The number of nitrogens with zero attached hydrogens (tertiary/aromatic N) is 1. The van der Waals surface area contributed by atoms with Crippen LogP contribution in [-0.4, -0.2) is 10.4 Å². The molecule has 0 saturated carbocycles. The summed E-state index contributed by atoms with van der Waals surface area (Å²) in [6, 6.07) is 5.74. The molecule has 1 heterocycles. The minimum atomic E-state index is -0.843. The van der Waals surface area contributed by atoms with Gasteiger partial charge in [0.25, 0.3) is 0 Å². The molecule has 1 aliphatic rings. The Kier molecular flexibility index (Phi) is 3.19. The minimum Gasteiger partial charge on any atom is -0.346 e. The average molecular weight is 289 g/mol. The van der Waals surface area contributed by atoms with E-state index in [-0.39, 0.29) is 11.2 Å². The second kappa shape index (κ2) is 4.79. The van der Waals surface area contributed by atoms with Gasteiger partial charge in [0, 0.05) is 30.4 Å². The number of halogens is 2. The SMILES string of the molecule is CC1(C)CC(=O)c2ccn(Cc3ccc(F)c(F)c3)c2C1. The van der Waals surface area contributed by atoms with Gasteiger partial charge in [0.2, 0.25) is 0 Å². The molecule has 0 unspecified atom stereocenters. The number of benzene rings is 1. The zero-order chi connectivity index (χ0) is 15.2. The van der Waals surface area contributed by atoms with Gasteiger partial charge in [-0.15, -0.1) is 0 Å². The summed E-state index contributed by atoms with van der Waals surface area (Å²) in [6.45, 7) is 4.58. The fraction of sp³-hybridized carbons (Fsp3) is 0.353. The topological polar surface area (TPSA) is 22.0 Å². The first-order valence-electron chi connectivity index (χ1n) is 7.01. The van der Waals surface area contributed by atoms with E-state index in [9.17, 15) is 13.6 Å². The van der Waals surface area contributed by atoms with Gasteiger partial charge in [-0.05, 0) is 35.6 Å². The van der Waals surface area contributed by atoms with Crippen LogP contribution in [0, 0.1) is 17.0 Å². The summed E-state index contributed by atoms with van der Waals surface area (Å²) < 4.78 is 28.2. The van der Waals surface area contributed by atoms with Gasteiger partial charge in [0.15, 0.2) is 17.4 Å². The molecule has 0 radical (unpaired) electrons. The average Bonchev–Trinajstić information content (AvgIpc) is 2.76. The molecule has 0 amide bonds. The minimum absolute atomic E-state index is 0.0613. The van der Waals surface area contributed by atoms with Crippen molar-refractivity contribution in [1.29, 1.82) is 0 Å². The fourth-order valence-corrected chi connectivity index (χ4v) is 2.98. The fourth-order valence-electron chi connectivity index (χ4n) is 2.98. The molecule has 0 atom stereocenters. The number of carbonyl (C=O) groups is 1. The number of fused-ring (bicyclic) bond motifs is 1. The van der Waals surface area contributed by atoms with Crippen molar-refractivity contribution in [3.05, 3.63) is 58.9 Å². The summed E-state index contributed by atoms with van der Waals surface area (Å²) in [4.78, 5) is 12.1. The molecule has 3 rings (SSSR count). The molecule has 0 fully saturated rings. The largest absolute Gasteiger partial charge is 0.346 e. The van der Waals surface area contributed by atoms with Crippen LogP contribution in [0.25, 0.3) is 0 Å². The van der Waals surface area contributed by atoms with Crippen LogP contribution in [0.3, 0.4) is 0 Å². The van der Waals surface area contributed by atoms with Crippen LogP contribution < -0.4 is 0 Å². The molecular weight excluding hydrogens is 272 g/mol. The van der Waals surface area contributed by atoms with Crippen LogP contribution in [0.1, 0.15) is 41.9 Å². The maximum atomic E-state index is 13.3. The van der Waals surface area contributed by atoms with Gasteiger partial charge < -0.3 is 4.57 Å². The number of Topliss-reactive ketones (excluding diaryl/α,β-unsaturated/α-hetero) is 1. The van der Waals surface area contributed by atoms with Crippen molar-refractivity contribution in [3.8, 4) is 0 Å². The van der Waals surface area contributed by atoms with Gasteiger partial charge in [0.05, 0.1) is 0 Å². The molecule has 110 valence electrons. The van der Waals surface area contributed by atoms with Crippen molar-refractivity contribution in [2.24, 2.45) is 5.41 Å². The van der Waals surface area contributed by atoms with Gasteiger partial charge in [-0.2, -0.15) is 0 Å². The van der Waals surface area contributed by atoms with Gasteiger partial charge in [-0.3, -0.25) is 4.79 Å². The highest BCUT2D eigenvalue weighted by atomic mass is 19.2. The highest BCUT2D eigenvalue weighted by Gasteiger charge is 2.32. The lowest BCUT2D eigenvalue weighted by atomic mass is 9.76. The number of hydrogen-bond donors (Lipinski definition) is 0. The molecule has 0 aliphatic heterocycles. The van der Waals surface area contributed by atoms with E-state index in [2.05, 4.69) is 13.8 Å². The monoisotopic (exact) mass is 289 g/mol. The van der Waals surface area contributed by atoms with Crippen molar-refractivity contribution in [1.82, 2.24) is 4.57 Å². The zero-order valence-electron chi connectivity index (χ0n) is 12.1. The molecule has 0 N–H and O–H groups in total. The quantitative estimate of drug-likeness (QED) is 0.820. The third-order valence-corrected chi connectivity index (χ3v) is 4.00. The Balaban J connectivity index is 1.94. The summed E-state index contributed by atoms with van der Waals surface area (Å²) in [5, 5.41) is 0. The van der Waals surface area contributed by atoms with Crippen molar-refractivity contribution < 1.29 is 13.6 Å². The van der Waals surface area contributed by atoms with E-state index in [1.165, 1.54) is 6.07 Å². The Hall–Kier alpha value is -1.97. The van der Waals surface area contributed by atoms with Crippen LogP contribution in [0.15, 0.2) is 30.5 Å². The molecule has 0 bridgehead atoms. The Bertz CT molecular complexity index is 716. The van der Waals surface area contributed by atoms with E-state index in [0.717, 1.165) is 23.7 Å². The lowest BCUT2D eigenvalue weighted by Crippen LogP contribution is -2.28. The molecule has 0 spiro atoms. The van der Waals surface area contributed by atoms with Crippen molar-refractivity contribution in [2.45, 2.75) is 33.2 Å².